The van der Waals surface area contributed by atoms with E-state index in [2.05, 4.69) is 20.5 Å². The molecule has 0 bridgehead atoms. The molecule has 0 amide bonds. The van der Waals surface area contributed by atoms with Crippen LogP contribution in [-0.4, -0.2) is 34.2 Å². The van der Waals surface area contributed by atoms with Gasteiger partial charge < -0.3 is 4.90 Å². The number of aromatic nitrogens is 2. The second-order valence-corrected chi connectivity index (χ2v) is 7.19. The van der Waals surface area contributed by atoms with Crippen LogP contribution in [0.5, 0.6) is 0 Å². The first-order valence-corrected chi connectivity index (χ1v) is 9.99. The van der Waals surface area contributed by atoms with E-state index in [0.29, 0.717) is 16.8 Å². The number of aromatic amines is 1. The van der Waals surface area contributed by atoms with Crippen LogP contribution < -0.4 is 15.9 Å². The Morgan fingerprint density at radius 2 is 1.97 bits per heavy atom. The zero-order valence-electron chi connectivity index (χ0n) is 17.0. The first kappa shape index (κ1) is 20.7. The molecule has 0 radical (unpaired) electrons. The average Bonchev–Trinajstić information content (AvgIpc) is 3.34. The molecule has 3 aromatic rings. The summed E-state index contributed by atoms with van der Waals surface area (Å²) in [5.41, 5.74) is 3.93. The summed E-state index contributed by atoms with van der Waals surface area (Å²) < 4.78 is 0. The Morgan fingerprint density at radius 3 is 2.66 bits per heavy atom. The lowest BCUT2D eigenvalue weighted by atomic mass is 10.1. The van der Waals surface area contributed by atoms with Gasteiger partial charge in [0.15, 0.2) is 0 Å². The van der Waals surface area contributed by atoms with Gasteiger partial charge >= 0.3 is 0 Å². The summed E-state index contributed by atoms with van der Waals surface area (Å²) in [6.07, 6.45) is 3.44. The fourth-order valence-electron chi connectivity index (χ4n) is 3.60. The summed E-state index contributed by atoms with van der Waals surface area (Å²) in [6, 6.07) is 15.7. The van der Waals surface area contributed by atoms with Crippen LogP contribution in [0.2, 0.25) is 0 Å². The molecule has 10 heteroatoms. The van der Waals surface area contributed by atoms with Gasteiger partial charge in [-0.1, -0.05) is 36.4 Å². The van der Waals surface area contributed by atoms with E-state index in [-0.39, 0.29) is 22.9 Å². The van der Waals surface area contributed by atoms with Crippen molar-refractivity contribution in [2.45, 2.75) is 12.8 Å². The van der Waals surface area contributed by atoms with Crippen molar-refractivity contribution in [1.29, 1.82) is 5.26 Å². The highest BCUT2D eigenvalue weighted by atomic mass is 16.6. The molecule has 1 fully saturated rings. The van der Waals surface area contributed by atoms with Crippen molar-refractivity contribution in [3.8, 4) is 17.3 Å². The molecule has 1 saturated heterocycles. The summed E-state index contributed by atoms with van der Waals surface area (Å²) in [5, 5.41) is 24.9. The first-order valence-electron chi connectivity index (χ1n) is 9.99. The smallest absolute Gasteiger partial charge is 0.293 e. The van der Waals surface area contributed by atoms with Gasteiger partial charge in [0.05, 0.1) is 16.8 Å². The quantitative estimate of drug-likeness (QED) is 0.348. The predicted octanol–water partition coefficient (Wildman–Crippen LogP) is 3.26. The van der Waals surface area contributed by atoms with Crippen molar-refractivity contribution in [2.24, 2.45) is 5.10 Å². The summed E-state index contributed by atoms with van der Waals surface area (Å²) in [4.78, 5) is 32.2. The third-order valence-electron chi connectivity index (χ3n) is 5.11. The number of benzene rings is 2. The normalized spacial score (nSPS) is 13.3. The lowest BCUT2D eigenvalue weighted by Gasteiger charge is -2.17. The molecule has 0 unspecified atom stereocenters. The van der Waals surface area contributed by atoms with Crippen molar-refractivity contribution in [2.75, 3.05) is 23.4 Å². The standard InChI is InChI=1S/C22H19N7O3/c23-13-17-20(16-6-2-1-3-7-16)25-22(26-21(17)30)27-24-14-15-8-9-18(19(12-15)29(31)32)28-10-4-5-11-28/h1-3,6-9,12,14H,4-5,10-11H2,(H2,25,26,27,30). The fraction of sp³-hybridized carbons (Fsp3) is 0.182. The number of nitriles is 1. The molecule has 2 heterocycles. The van der Waals surface area contributed by atoms with Crippen LogP contribution in [0.4, 0.5) is 17.3 Å². The first-order chi connectivity index (χ1) is 15.6. The number of nitro benzene ring substituents is 1. The monoisotopic (exact) mass is 429 g/mol. The van der Waals surface area contributed by atoms with Crippen LogP contribution in [0.15, 0.2) is 58.4 Å². The van der Waals surface area contributed by atoms with Crippen molar-refractivity contribution in [3.05, 3.63) is 80.1 Å². The Bertz CT molecular complexity index is 1270. The van der Waals surface area contributed by atoms with E-state index in [1.54, 1.807) is 36.4 Å². The van der Waals surface area contributed by atoms with E-state index in [1.165, 1.54) is 12.3 Å². The molecule has 32 heavy (non-hydrogen) atoms. The van der Waals surface area contributed by atoms with E-state index in [4.69, 9.17) is 0 Å². The van der Waals surface area contributed by atoms with Crippen LogP contribution in [0.3, 0.4) is 0 Å². The van der Waals surface area contributed by atoms with E-state index >= 15 is 0 Å². The maximum Gasteiger partial charge on any atom is 0.293 e. The number of hydrazone groups is 1. The summed E-state index contributed by atoms with van der Waals surface area (Å²) in [5.74, 6) is 0.0484. The van der Waals surface area contributed by atoms with E-state index < -0.39 is 10.5 Å². The maximum atomic E-state index is 12.3. The third kappa shape index (κ3) is 4.32. The molecule has 0 aliphatic carbocycles. The SMILES string of the molecule is N#Cc1c(-c2ccccc2)nc(NN=Cc2ccc(N3CCCC3)c([N+](=O)[O-])c2)[nH]c1=O. The molecule has 2 N–H and O–H groups in total. The molecule has 0 spiro atoms. The van der Waals surface area contributed by atoms with Crippen molar-refractivity contribution in [3.63, 3.8) is 0 Å². The second kappa shape index (κ2) is 9.09. The molecule has 1 aliphatic rings. The average molecular weight is 429 g/mol. The minimum Gasteiger partial charge on any atom is -0.366 e. The predicted molar refractivity (Wildman–Crippen MR) is 121 cm³/mol. The Balaban J connectivity index is 1.59. The van der Waals surface area contributed by atoms with Crippen molar-refractivity contribution in [1.82, 2.24) is 9.97 Å². The molecular weight excluding hydrogens is 410 g/mol. The minimum absolute atomic E-state index is 0.0205. The molecule has 0 atom stereocenters. The topological polar surface area (TPSA) is 140 Å². The van der Waals surface area contributed by atoms with Gasteiger partial charge in [-0.25, -0.2) is 10.4 Å². The number of nitro groups is 1. The van der Waals surface area contributed by atoms with Crippen LogP contribution >= 0.6 is 0 Å². The highest BCUT2D eigenvalue weighted by molar-refractivity contribution is 5.83. The Kier molecular flexibility index (Phi) is 5.89. The Morgan fingerprint density at radius 1 is 1.22 bits per heavy atom. The third-order valence-corrected chi connectivity index (χ3v) is 5.11. The van der Waals surface area contributed by atoms with Crippen LogP contribution in [0.1, 0.15) is 24.0 Å². The second-order valence-electron chi connectivity index (χ2n) is 7.19. The number of H-pyrrole nitrogens is 1. The molecule has 10 nitrogen and oxygen atoms in total. The number of hydrogen-bond acceptors (Lipinski definition) is 8. The van der Waals surface area contributed by atoms with Gasteiger partial charge in [-0.15, -0.1) is 0 Å². The summed E-state index contributed by atoms with van der Waals surface area (Å²) in [7, 11) is 0. The molecule has 1 aromatic heterocycles. The zero-order valence-corrected chi connectivity index (χ0v) is 17.0. The van der Waals surface area contributed by atoms with Gasteiger partial charge in [0, 0.05) is 30.3 Å². The number of hydrogen-bond donors (Lipinski definition) is 2. The van der Waals surface area contributed by atoms with Crippen LogP contribution in [-0.2, 0) is 0 Å². The highest BCUT2D eigenvalue weighted by Crippen LogP contribution is 2.31. The zero-order chi connectivity index (χ0) is 22.5. The largest absolute Gasteiger partial charge is 0.366 e. The molecule has 4 rings (SSSR count). The Hall–Kier alpha value is -4.52. The highest BCUT2D eigenvalue weighted by Gasteiger charge is 2.22. The lowest BCUT2D eigenvalue weighted by Crippen LogP contribution is -2.19. The number of nitrogens with zero attached hydrogens (tertiary/aromatic N) is 5. The van der Waals surface area contributed by atoms with Crippen molar-refractivity contribution >= 4 is 23.5 Å². The maximum absolute atomic E-state index is 12.3. The van der Waals surface area contributed by atoms with Gasteiger partial charge in [0.2, 0.25) is 5.95 Å². The van der Waals surface area contributed by atoms with Gasteiger partial charge in [0.25, 0.3) is 11.2 Å². The molecule has 160 valence electrons. The van der Waals surface area contributed by atoms with Crippen LogP contribution in [0, 0.1) is 21.4 Å². The molecule has 2 aromatic carbocycles. The van der Waals surface area contributed by atoms with Gasteiger partial charge in [-0.2, -0.15) is 10.4 Å². The molecule has 0 saturated carbocycles. The fourth-order valence-corrected chi connectivity index (χ4v) is 3.60. The molecule has 1 aliphatic heterocycles. The van der Waals surface area contributed by atoms with Gasteiger partial charge in [0.1, 0.15) is 17.3 Å². The van der Waals surface area contributed by atoms with Crippen molar-refractivity contribution < 1.29 is 4.92 Å². The summed E-state index contributed by atoms with van der Waals surface area (Å²) in [6.45, 7) is 1.61. The number of anilines is 2. The number of nitrogens with one attached hydrogen (secondary N) is 2. The Labute approximate surface area is 183 Å². The van der Waals surface area contributed by atoms with E-state index in [1.807, 2.05) is 17.0 Å². The lowest BCUT2D eigenvalue weighted by molar-refractivity contribution is -0.384. The minimum atomic E-state index is -0.593. The van der Waals surface area contributed by atoms with E-state index in [0.717, 1.165) is 25.9 Å². The van der Waals surface area contributed by atoms with Crippen LogP contribution in [0.25, 0.3) is 11.3 Å². The summed E-state index contributed by atoms with van der Waals surface area (Å²) >= 11 is 0. The van der Waals surface area contributed by atoms with Gasteiger partial charge in [-0.05, 0) is 18.9 Å². The number of rotatable bonds is 6. The van der Waals surface area contributed by atoms with E-state index in [9.17, 15) is 20.2 Å². The van der Waals surface area contributed by atoms with Gasteiger partial charge in [-0.3, -0.25) is 19.9 Å². The molecular formula is C22H19N7O3.